The molecule has 5 aromatic rings. The van der Waals surface area contributed by atoms with Crippen molar-refractivity contribution < 1.29 is 9.21 Å². The highest BCUT2D eigenvalue weighted by Crippen LogP contribution is 2.24. The minimum atomic E-state index is -0.0357. The number of ketones is 1. The zero-order valence-corrected chi connectivity index (χ0v) is 15.7. The average Bonchev–Trinajstić information content (AvgIpc) is 3.42. The first-order valence-corrected chi connectivity index (χ1v) is 9.22. The summed E-state index contributed by atoms with van der Waals surface area (Å²) < 4.78 is 7.28. The summed E-state index contributed by atoms with van der Waals surface area (Å²) in [5.74, 6) is 2.09. The highest BCUT2D eigenvalue weighted by atomic mass is 16.3. The van der Waals surface area contributed by atoms with Gasteiger partial charge in [0.15, 0.2) is 11.6 Å². The number of hydrogen-bond donors (Lipinski definition) is 1. The van der Waals surface area contributed by atoms with E-state index in [-0.39, 0.29) is 5.78 Å². The predicted octanol–water partition coefficient (Wildman–Crippen LogP) is 4.02. The van der Waals surface area contributed by atoms with Crippen molar-refractivity contribution in [3.8, 4) is 0 Å². The molecule has 7 heteroatoms. The molecule has 0 aliphatic carbocycles. The zero-order chi connectivity index (χ0) is 19.8. The second kappa shape index (κ2) is 6.87. The highest BCUT2D eigenvalue weighted by molar-refractivity contribution is 6.10. The molecule has 7 nitrogen and oxygen atoms in total. The van der Waals surface area contributed by atoms with Crippen LogP contribution in [-0.2, 0) is 6.54 Å². The summed E-state index contributed by atoms with van der Waals surface area (Å²) in [6, 6.07) is 18.4. The number of aryl methyl sites for hydroxylation is 1. The highest BCUT2D eigenvalue weighted by Gasteiger charge is 2.16. The Labute approximate surface area is 166 Å². The molecule has 0 saturated heterocycles. The fraction of sp³-hybridized carbons (Fsp3) is 0.0909. The van der Waals surface area contributed by atoms with Crippen LogP contribution in [0.4, 0.5) is 5.82 Å². The van der Waals surface area contributed by atoms with Crippen LogP contribution in [0.15, 0.2) is 71.3 Å². The molecule has 142 valence electrons. The standard InChI is InChI=1S/C22H17N5O2/c1-14-25-26-22-21(23-13-17-8-5-11-29-17)24-18-10-9-16(12-19(18)27(14)22)20(28)15-6-3-2-4-7-15/h2-12H,13H2,1H3,(H,23,24). The summed E-state index contributed by atoms with van der Waals surface area (Å²) in [5.41, 5.74) is 3.37. The fourth-order valence-corrected chi connectivity index (χ4v) is 3.37. The number of nitrogens with one attached hydrogen (secondary N) is 1. The van der Waals surface area contributed by atoms with E-state index in [2.05, 4.69) is 15.5 Å². The van der Waals surface area contributed by atoms with Gasteiger partial charge < -0.3 is 9.73 Å². The Balaban J connectivity index is 1.61. The Bertz CT molecular complexity index is 1320. The molecule has 0 bridgehead atoms. The van der Waals surface area contributed by atoms with Crippen LogP contribution in [0, 0.1) is 6.92 Å². The van der Waals surface area contributed by atoms with Gasteiger partial charge in [-0.3, -0.25) is 9.20 Å². The molecular weight excluding hydrogens is 366 g/mol. The van der Waals surface area contributed by atoms with Crippen molar-refractivity contribution in [1.29, 1.82) is 0 Å². The van der Waals surface area contributed by atoms with Gasteiger partial charge in [0, 0.05) is 11.1 Å². The summed E-state index contributed by atoms with van der Waals surface area (Å²) >= 11 is 0. The molecule has 3 aromatic heterocycles. The molecule has 0 atom stereocenters. The second-order valence-electron chi connectivity index (χ2n) is 6.70. The summed E-state index contributed by atoms with van der Waals surface area (Å²) in [4.78, 5) is 17.6. The van der Waals surface area contributed by atoms with Crippen molar-refractivity contribution in [3.05, 3.63) is 89.6 Å². The van der Waals surface area contributed by atoms with Gasteiger partial charge in [-0.1, -0.05) is 30.3 Å². The number of furan rings is 1. The Morgan fingerprint density at radius 3 is 2.69 bits per heavy atom. The summed E-state index contributed by atoms with van der Waals surface area (Å²) in [6.45, 7) is 2.36. The number of benzene rings is 2. The van der Waals surface area contributed by atoms with Gasteiger partial charge in [0.2, 0.25) is 5.65 Å². The van der Waals surface area contributed by atoms with Crippen LogP contribution in [0.1, 0.15) is 27.5 Å². The van der Waals surface area contributed by atoms with E-state index in [0.717, 1.165) is 22.6 Å². The Kier molecular flexibility index (Phi) is 4.05. The van der Waals surface area contributed by atoms with Crippen LogP contribution in [0.3, 0.4) is 0 Å². The van der Waals surface area contributed by atoms with Crippen LogP contribution in [0.2, 0.25) is 0 Å². The third-order valence-electron chi connectivity index (χ3n) is 4.79. The zero-order valence-electron chi connectivity index (χ0n) is 15.7. The van der Waals surface area contributed by atoms with Crippen LogP contribution in [-0.4, -0.2) is 25.4 Å². The monoisotopic (exact) mass is 383 g/mol. The molecule has 0 fully saturated rings. The first-order chi connectivity index (χ1) is 14.2. The van der Waals surface area contributed by atoms with Crippen molar-refractivity contribution in [2.45, 2.75) is 13.5 Å². The van der Waals surface area contributed by atoms with Crippen molar-refractivity contribution in [1.82, 2.24) is 19.6 Å². The molecule has 5 rings (SSSR count). The lowest BCUT2D eigenvalue weighted by Crippen LogP contribution is -2.06. The first kappa shape index (κ1) is 17.1. The van der Waals surface area contributed by atoms with E-state index in [1.807, 2.05) is 65.9 Å². The molecule has 0 unspecified atom stereocenters. The van der Waals surface area contributed by atoms with E-state index in [1.165, 1.54) is 0 Å². The number of hydrogen-bond acceptors (Lipinski definition) is 6. The van der Waals surface area contributed by atoms with Gasteiger partial charge >= 0.3 is 0 Å². The quantitative estimate of drug-likeness (QED) is 0.461. The van der Waals surface area contributed by atoms with Gasteiger partial charge in [-0.25, -0.2) is 4.98 Å². The van der Waals surface area contributed by atoms with E-state index >= 15 is 0 Å². The predicted molar refractivity (Wildman–Crippen MR) is 109 cm³/mol. The summed E-state index contributed by atoms with van der Waals surface area (Å²) in [5, 5.41) is 11.7. The van der Waals surface area contributed by atoms with Crippen LogP contribution < -0.4 is 5.32 Å². The first-order valence-electron chi connectivity index (χ1n) is 9.22. The number of nitrogens with zero attached hydrogens (tertiary/aromatic N) is 4. The maximum atomic E-state index is 12.9. The largest absolute Gasteiger partial charge is 0.467 e. The van der Waals surface area contributed by atoms with E-state index in [9.17, 15) is 4.79 Å². The topological polar surface area (TPSA) is 85.3 Å². The lowest BCUT2D eigenvalue weighted by molar-refractivity contribution is 0.103. The van der Waals surface area contributed by atoms with Crippen molar-refractivity contribution in [2.75, 3.05) is 5.32 Å². The van der Waals surface area contributed by atoms with E-state index in [1.54, 1.807) is 12.3 Å². The van der Waals surface area contributed by atoms with Gasteiger partial charge in [-0.15, -0.1) is 10.2 Å². The van der Waals surface area contributed by atoms with Crippen LogP contribution in [0.25, 0.3) is 16.7 Å². The number of fused-ring (bicyclic) bond motifs is 3. The average molecular weight is 383 g/mol. The van der Waals surface area contributed by atoms with E-state index in [4.69, 9.17) is 9.40 Å². The van der Waals surface area contributed by atoms with Gasteiger partial charge in [0.05, 0.1) is 23.8 Å². The molecule has 3 heterocycles. The van der Waals surface area contributed by atoms with Crippen molar-refractivity contribution >= 4 is 28.3 Å². The van der Waals surface area contributed by atoms with Gasteiger partial charge in [0.25, 0.3) is 0 Å². The third-order valence-corrected chi connectivity index (χ3v) is 4.79. The fourth-order valence-electron chi connectivity index (χ4n) is 3.37. The maximum Gasteiger partial charge on any atom is 0.204 e. The molecule has 2 aromatic carbocycles. The Morgan fingerprint density at radius 2 is 1.90 bits per heavy atom. The van der Waals surface area contributed by atoms with Gasteiger partial charge in [-0.05, 0) is 37.3 Å². The second-order valence-corrected chi connectivity index (χ2v) is 6.70. The van der Waals surface area contributed by atoms with Gasteiger partial charge in [0.1, 0.15) is 11.6 Å². The smallest absolute Gasteiger partial charge is 0.204 e. The molecule has 0 aliphatic heterocycles. The molecular formula is C22H17N5O2. The normalized spacial score (nSPS) is 11.2. The number of rotatable bonds is 5. The minimum Gasteiger partial charge on any atom is -0.467 e. The maximum absolute atomic E-state index is 12.9. The third kappa shape index (κ3) is 3.02. The number of aromatic nitrogens is 4. The van der Waals surface area contributed by atoms with Crippen LogP contribution >= 0.6 is 0 Å². The molecule has 1 N–H and O–H groups in total. The van der Waals surface area contributed by atoms with E-state index < -0.39 is 0 Å². The number of anilines is 1. The number of carbonyl (C=O) groups is 1. The molecule has 29 heavy (non-hydrogen) atoms. The Hall–Kier alpha value is -4.00. The molecule has 0 radical (unpaired) electrons. The lowest BCUT2D eigenvalue weighted by Gasteiger charge is -2.10. The Morgan fingerprint density at radius 1 is 1.03 bits per heavy atom. The molecule has 0 aliphatic rings. The van der Waals surface area contributed by atoms with Crippen molar-refractivity contribution in [2.24, 2.45) is 0 Å². The van der Waals surface area contributed by atoms with Crippen LogP contribution in [0.5, 0.6) is 0 Å². The van der Waals surface area contributed by atoms with Crippen molar-refractivity contribution in [3.63, 3.8) is 0 Å². The van der Waals surface area contributed by atoms with E-state index in [0.29, 0.717) is 29.1 Å². The number of carbonyl (C=O) groups excluding carboxylic acids is 1. The summed E-state index contributed by atoms with van der Waals surface area (Å²) in [7, 11) is 0. The molecule has 0 amide bonds. The molecule has 0 spiro atoms. The summed E-state index contributed by atoms with van der Waals surface area (Å²) in [6.07, 6.45) is 1.63. The minimum absolute atomic E-state index is 0.0357. The SMILES string of the molecule is Cc1nnc2c(NCc3ccco3)nc3ccc(C(=O)c4ccccc4)cc3n12. The van der Waals surface area contributed by atoms with Gasteiger partial charge in [-0.2, -0.15) is 0 Å². The lowest BCUT2D eigenvalue weighted by atomic mass is 10.0. The molecule has 0 saturated carbocycles.